The number of nitrogens with zero attached hydrogens (tertiary/aromatic N) is 1. The Labute approximate surface area is 121 Å². The summed E-state index contributed by atoms with van der Waals surface area (Å²) >= 11 is 0. The third-order valence-corrected chi connectivity index (χ3v) is 2.45. The Morgan fingerprint density at radius 1 is 1.33 bits per heavy atom. The normalized spacial score (nSPS) is 12.6. The zero-order valence-corrected chi connectivity index (χ0v) is 12.5. The summed E-state index contributed by atoms with van der Waals surface area (Å²) in [5.74, 6) is 0.0173. The smallest absolute Gasteiger partial charge is 0.224 e. The molecule has 2 unspecified atom stereocenters. The second-order valence-corrected chi connectivity index (χ2v) is 3.94. The highest BCUT2D eigenvalue weighted by Crippen LogP contribution is 2.08. The summed E-state index contributed by atoms with van der Waals surface area (Å²) in [4.78, 5) is 15.9. The highest BCUT2D eigenvalue weighted by atomic mass is 35.5. The molecule has 0 aromatic carbocycles. The molecule has 1 aromatic rings. The SMILES string of the molecule is CNCC(C)C(=O)NC(C)c1ccccn1.Cl.Cl. The summed E-state index contributed by atoms with van der Waals surface area (Å²) in [5.41, 5.74) is 0.882. The molecule has 0 bridgehead atoms. The summed E-state index contributed by atoms with van der Waals surface area (Å²) in [6, 6.07) is 5.64. The highest BCUT2D eigenvalue weighted by Gasteiger charge is 2.15. The van der Waals surface area contributed by atoms with E-state index >= 15 is 0 Å². The molecule has 2 N–H and O–H groups in total. The fraction of sp³-hybridized carbons (Fsp3) is 0.500. The van der Waals surface area contributed by atoms with Crippen molar-refractivity contribution in [3.05, 3.63) is 30.1 Å². The number of rotatable bonds is 5. The summed E-state index contributed by atoms with van der Waals surface area (Å²) in [6.45, 7) is 4.52. The number of carbonyl (C=O) groups excluding carboxylic acids is 1. The quantitative estimate of drug-likeness (QED) is 0.873. The lowest BCUT2D eigenvalue weighted by molar-refractivity contribution is -0.125. The predicted octanol–water partition coefficient (Wildman–Crippen LogP) is 1.96. The van der Waals surface area contributed by atoms with Crippen molar-refractivity contribution >= 4 is 30.7 Å². The third-order valence-electron chi connectivity index (χ3n) is 2.45. The Hall–Kier alpha value is -0.840. The molecule has 0 aliphatic heterocycles. The van der Waals surface area contributed by atoms with Crippen LogP contribution in [0.25, 0.3) is 0 Å². The van der Waals surface area contributed by atoms with Gasteiger partial charge in [0.15, 0.2) is 0 Å². The Kier molecular flexibility index (Phi) is 11.0. The number of pyridine rings is 1. The number of hydrogen-bond acceptors (Lipinski definition) is 3. The van der Waals surface area contributed by atoms with Gasteiger partial charge in [0.25, 0.3) is 0 Å². The Morgan fingerprint density at radius 3 is 2.50 bits per heavy atom. The highest BCUT2D eigenvalue weighted by molar-refractivity contribution is 5.85. The zero-order chi connectivity index (χ0) is 12.0. The van der Waals surface area contributed by atoms with E-state index in [1.807, 2.05) is 39.1 Å². The molecule has 0 radical (unpaired) electrons. The first-order valence-corrected chi connectivity index (χ1v) is 5.51. The number of carbonyl (C=O) groups is 1. The number of halogens is 2. The van der Waals surface area contributed by atoms with E-state index in [1.54, 1.807) is 6.20 Å². The van der Waals surface area contributed by atoms with E-state index in [1.165, 1.54) is 0 Å². The minimum absolute atomic E-state index is 0. The second-order valence-electron chi connectivity index (χ2n) is 3.94. The Balaban J connectivity index is 0. The van der Waals surface area contributed by atoms with E-state index in [0.717, 1.165) is 5.69 Å². The molecular weight excluding hydrogens is 273 g/mol. The van der Waals surface area contributed by atoms with Crippen LogP contribution < -0.4 is 10.6 Å². The largest absolute Gasteiger partial charge is 0.348 e. The third kappa shape index (κ3) is 6.19. The van der Waals surface area contributed by atoms with Crippen LogP contribution in [0.2, 0.25) is 0 Å². The fourth-order valence-electron chi connectivity index (χ4n) is 1.46. The second kappa shape index (κ2) is 10.1. The van der Waals surface area contributed by atoms with Gasteiger partial charge in [0, 0.05) is 18.7 Å². The van der Waals surface area contributed by atoms with E-state index in [4.69, 9.17) is 0 Å². The molecule has 0 saturated heterocycles. The topological polar surface area (TPSA) is 54.0 Å². The van der Waals surface area contributed by atoms with Crippen LogP contribution in [0.1, 0.15) is 25.6 Å². The van der Waals surface area contributed by atoms with E-state index < -0.39 is 0 Å². The average Bonchev–Trinajstić information content (AvgIpc) is 2.30. The number of aromatic nitrogens is 1. The fourth-order valence-corrected chi connectivity index (χ4v) is 1.46. The average molecular weight is 294 g/mol. The van der Waals surface area contributed by atoms with Gasteiger partial charge in [-0.3, -0.25) is 9.78 Å². The first kappa shape index (κ1) is 19.5. The molecule has 18 heavy (non-hydrogen) atoms. The minimum Gasteiger partial charge on any atom is -0.348 e. The summed E-state index contributed by atoms with van der Waals surface area (Å²) < 4.78 is 0. The van der Waals surface area contributed by atoms with Gasteiger partial charge in [0.1, 0.15) is 0 Å². The van der Waals surface area contributed by atoms with Crippen LogP contribution in [0.5, 0.6) is 0 Å². The van der Waals surface area contributed by atoms with Crippen LogP contribution >= 0.6 is 24.8 Å². The lowest BCUT2D eigenvalue weighted by Gasteiger charge is -2.16. The molecular formula is C12H21Cl2N3O. The van der Waals surface area contributed by atoms with E-state index in [0.29, 0.717) is 6.54 Å². The van der Waals surface area contributed by atoms with Crippen molar-refractivity contribution in [2.75, 3.05) is 13.6 Å². The predicted molar refractivity (Wildman–Crippen MR) is 78.4 cm³/mol. The van der Waals surface area contributed by atoms with Crippen molar-refractivity contribution in [2.45, 2.75) is 19.9 Å². The van der Waals surface area contributed by atoms with Crippen molar-refractivity contribution in [3.63, 3.8) is 0 Å². The molecule has 1 amide bonds. The maximum atomic E-state index is 11.7. The van der Waals surface area contributed by atoms with Gasteiger partial charge in [0.05, 0.1) is 11.7 Å². The molecule has 6 heteroatoms. The van der Waals surface area contributed by atoms with Gasteiger partial charge < -0.3 is 10.6 Å². The molecule has 1 aromatic heterocycles. The van der Waals surface area contributed by atoms with Gasteiger partial charge in [-0.05, 0) is 26.1 Å². The van der Waals surface area contributed by atoms with E-state index in [9.17, 15) is 4.79 Å². The minimum atomic E-state index is -0.0481. The van der Waals surface area contributed by atoms with Crippen LogP contribution in [0.3, 0.4) is 0 Å². The van der Waals surface area contributed by atoms with Gasteiger partial charge in [-0.2, -0.15) is 0 Å². The van der Waals surface area contributed by atoms with Crippen molar-refractivity contribution in [2.24, 2.45) is 5.92 Å². The Bertz CT molecular complexity index is 335. The van der Waals surface area contributed by atoms with E-state index in [-0.39, 0.29) is 42.7 Å². The first-order valence-electron chi connectivity index (χ1n) is 5.51. The van der Waals surface area contributed by atoms with Crippen molar-refractivity contribution in [3.8, 4) is 0 Å². The van der Waals surface area contributed by atoms with Crippen LogP contribution in [0.4, 0.5) is 0 Å². The van der Waals surface area contributed by atoms with E-state index in [2.05, 4.69) is 15.6 Å². The standard InChI is InChI=1S/C12H19N3O.2ClH/c1-9(8-13-3)12(16)15-10(2)11-6-4-5-7-14-11;;/h4-7,9-10,13H,8H2,1-3H3,(H,15,16);2*1H. The maximum absolute atomic E-state index is 11.7. The molecule has 4 nitrogen and oxygen atoms in total. The molecule has 2 atom stereocenters. The molecule has 0 spiro atoms. The van der Waals surface area contributed by atoms with Gasteiger partial charge in [-0.15, -0.1) is 24.8 Å². The first-order chi connectivity index (χ1) is 7.65. The van der Waals surface area contributed by atoms with Crippen LogP contribution in [-0.4, -0.2) is 24.5 Å². The van der Waals surface area contributed by atoms with Crippen molar-refractivity contribution < 1.29 is 4.79 Å². The summed E-state index contributed by atoms with van der Waals surface area (Å²) in [6.07, 6.45) is 1.73. The van der Waals surface area contributed by atoms with Crippen LogP contribution in [-0.2, 0) is 4.79 Å². The maximum Gasteiger partial charge on any atom is 0.224 e. The molecule has 0 aliphatic rings. The van der Waals surface area contributed by atoms with Gasteiger partial charge in [0.2, 0.25) is 5.91 Å². The molecule has 0 saturated carbocycles. The van der Waals surface area contributed by atoms with Gasteiger partial charge >= 0.3 is 0 Å². The Morgan fingerprint density at radius 2 is 2.00 bits per heavy atom. The molecule has 0 aliphatic carbocycles. The lowest BCUT2D eigenvalue weighted by atomic mass is 10.1. The lowest BCUT2D eigenvalue weighted by Crippen LogP contribution is -2.36. The van der Waals surface area contributed by atoms with Crippen LogP contribution in [0.15, 0.2) is 24.4 Å². The van der Waals surface area contributed by atoms with Gasteiger partial charge in [-0.1, -0.05) is 13.0 Å². The number of hydrogen-bond donors (Lipinski definition) is 2. The van der Waals surface area contributed by atoms with Crippen molar-refractivity contribution in [1.29, 1.82) is 0 Å². The number of nitrogens with one attached hydrogen (secondary N) is 2. The number of amides is 1. The summed E-state index contributed by atoms with van der Waals surface area (Å²) in [7, 11) is 1.84. The molecule has 104 valence electrons. The van der Waals surface area contributed by atoms with Gasteiger partial charge in [-0.25, -0.2) is 0 Å². The summed E-state index contributed by atoms with van der Waals surface area (Å²) in [5, 5.41) is 5.92. The zero-order valence-electron chi connectivity index (χ0n) is 10.8. The molecule has 1 rings (SSSR count). The monoisotopic (exact) mass is 293 g/mol. The van der Waals surface area contributed by atoms with Crippen LogP contribution in [0, 0.1) is 5.92 Å². The van der Waals surface area contributed by atoms with Crippen molar-refractivity contribution in [1.82, 2.24) is 15.6 Å². The molecule has 1 heterocycles. The molecule has 0 fully saturated rings.